The summed E-state index contributed by atoms with van der Waals surface area (Å²) in [6.07, 6.45) is 0. The van der Waals surface area contributed by atoms with E-state index in [0.29, 0.717) is 6.54 Å². The molecule has 4 nitrogen and oxygen atoms in total. The van der Waals surface area contributed by atoms with Gasteiger partial charge < -0.3 is 11.1 Å². The smallest absolute Gasteiger partial charge is 0.0815 e. The molecule has 4 heteroatoms. The van der Waals surface area contributed by atoms with Crippen LogP contribution in [0.3, 0.4) is 0 Å². The van der Waals surface area contributed by atoms with Crippen LogP contribution in [0.1, 0.15) is 22.5 Å². The minimum Gasteiger partial charge on any atom is -0.325 e. The first kappa shape index (κ1) is 10.5. The highest BCUT2D eigenvalue weighted by Crippen LogP contribution is 2.22. The number of nitrogens with zero attached hydrogens (tertiary/aromatic N) is 2. The van der Waals surface area contributed by atoms with Crippen LogP contribution in [0.2, 0.25) is 0 Å². The van der Waals surface area contributed by atoms with Gasteiger partial charge in [0.05, 0.1) is 17.1 Å². The minimum absolute atomic E-state index is 0.526. The molecule has 2 aromatic rings. The normalized spacial score (nSPS) is 14.0. The number of nitrogens with two attached hydrogens (primary N) is 1. The van der Waals surface area contributed by atoms with E-state index in [1.165, 1.54) is 11.1 Å². The lowest BCUT2D eigenvalue weighted by Gasteiger charge is -2.08. The van der Waals surface area contributed by atoms with Gasteiger partial charge in [0.15, 0.2) is 0 Å². The molecule has 0 saturated carbocycles. The van der Waals surface area contributed by atoms with Crippen LogP contribution in [0.4, 0.5) is 0 Å². The number of fused-ring (bicyclic) bond motifs is 1. The van der Waals surface area contributed by atoms with E-state index in [0.717, 1.165) is 30.2 Å². The number of hydrogen-bond donors (Lipinski definition) is 2. The van der Waals surface area contributed by atoms with Crippen molar-refractivity contribution >= 4 is 0 Å². The van der Waals surface area contributed by atoms with Crippen LogP contribution in [0.15, 0.2) is 24.3 Å². The van der Waals surface area contributed by atoms with Crippen molar-refractivity contribution in [3.05, 3.63) is 46.8 Å². The Labute approximate surface area is 100 Å². The predicted molar refractivity (Wildman–Crippen MR) is 66.7 cm³/mol. The lowest BCUT2D eigenvalue weighted by atomic mass is 10.2. The fourth-order valence-corrected chi connectivity index (χ4v) is 2.30. The molecule has 17 heavy (non-hydrogen) atoms. The van der Waals surface area contributed by atoms with Gasteiger partial charge >= 0.3 is 0 Å². The highest BCUT2D eigenvalue weighted by atomic mass is 15.3. The van der Waals surface area contributed by atoms with E-state index in [4.69, 9.17) is 5.73 Å². The highest BCUT2D eigenvalue weighted by Gasteiger charge is 2.21. The first-order chi connectivity index (χ1) is 8.29. The number of nitrogens with one attached hydrogen (secondary N) is 1. The summed E-state index contributed by atoms with van der Waals surface area (Å²) in [7, 11) is 0. The molecular weight excluding hydrogens is 212 g/mol. The molecule has 0 atom stereocenters. The van der Waals surface area contributed by atoms with Crippen LogP contribution in [-0.2, 0) is 19.6 Å². The Balaban J connectivity index is 2.11. The molecule has 0 spiro atoms. The molecule has 0 amide bonds. The molecule has 2 heterocycles. The lowest BCUT2D eigenvalue weighted by molar-refractivity contribution is 0.698. The van der Waals surface area contributed by atoms with E-state index in [9.17, 15) is 0 Å². The number of aromatic nitrogens is 2. The van der Waals surface area contributed by atoms with Gasteiger partial charge in [-0.3, -0.25) is 0 Å². The second-order valence-corrected chi connectivity index (χ2v) is 4.43. The summed E-state index contributed by atoms with van der Waals surface area (Å²) >= 11 is 0. The third-order valence-corrected chi connectivity index (χ3v) is 3.24. The van der Waals surface area contributed by atoms with Crippen LogP contribution < -0.4 is 11.1 Å². The maximum atomic E-state index is 5.85. The minimum atomic E-state index is 0.526. The largest absolute Gasteiger partial charge is 0.325 e. The molecule has 88 valence electrons. The van der Waals surface area contributed by atoms with E-state index >= 15 is 0 Å². The molecule has 1 aromatic carbocycles. The standard InChI is InChI=1S/C13H16N4/c1-9-2-4-10(5-3-9)17-13(6-14)11-7-15-8-12(11)16-17/h2-5,15H,6-8,14H2,1H3. The van der Waals surface area contributed by atoms with Gasteiger partial charge in [0.25, 0.3) is 0 Å². The molecule has 0 fully saturated rings. The van der Waals surface area contributed by atoms with Crippen molar-refractivity contribution in [3.8, 4) is 5.69 Å². The second-order valence-electron chi connectivity index (χ2n) is 4.43. The SMILES string of the molecule is Cc1ccc(-n2nc3c(c2CN)CNC3)cc1. The van der Waals surface area contributed by atoms with E-state index < -0.39 is 0 Å². The highest BCUT2D eigenvalue weighted by molar-refractivity contribution is 5.40. The quantitative estimate of drug-likeness (QED) is 0.813. The maximum absolute atomic E-state index is 5.85. The molecule has 0 unspecified atom stereocenters. The van der Waals surface area contributed by atoms with Gasteiger partial charge in [-0.25, -0.2) is 4.68 Å². The van der Waals surface area contributed by atoms with Crippen LogP contribution in [0.25, 0.3) is 5.69 Å². The van der Waals surface area contributed by atoms with Crippen molar-refractivity contribution in [2.45, 2.75) is 26.6 Å². The van der Waals surface area contributed by atoms with Crippen molar-refractivity contribution in [2.75, 3.05) is 0 Å². The molecule has 1 aliphatic rings. The summed E-state index contributed by atoms with van der Waals surface area (Å²) in [6, 6.07) is 8.37. The number of rotatable bonds is 2. The molecule has 0 saturated heterocycles. The molecule has 1 aromatic heterocycles. The third kappa shape index (κ3) is 1.66. The second kappa shape index (κ2) is 3.98. The topological polar surface area (TPSA) is 55.9 Å². The third-order valence-electron chi connectivity index (χ3n) is 3.24. The Morgan fingerprint density at radius 2 is 2.06 bits per heavy atom. The van der Waals surface area contributed by atoms with Crippen molar-refractivity contribution in [3.63, 3.8) is 0 Å². The van der Waals surface area contributed by atoms with Gasteiger partial charge in [-0.2, -0.15) is 5.10 Å². The summed E-state index contributed by atoms with van der Waals surface area (Å²) < 4.78 is 1.98. The van der Waals surface area contributed by atoms with E-state index in [-0.39, 0.29) is 0 Å². The molecular formula is C13H16N4. The zero-order valence-electron chi connectivity index (χ0n) is 9.90. The van der Waals surface area contributed by atoms with Gasteiger partial charge in [-0.1, -0.05) is 17.7 Å². The van der Waals surface area contributed by atoms with E-state index in [1.807, 2.05) is 4.68 Å². The number of benzene rings is 1. The summed E-state index contributed by atoms with van der Waals surface area (Å²) in [5.41, 5.74) is 11.7. The fraction of sp³-hybridized carbons (Fsp3) is 0.308. The summed E-state index contributed by atoms with van der Waals surface area (Å²) in [5.74, 6) is 0. The monoisotopic (exact) mass is 228 g/mol. The molecule has 3 rings (SSSR count). The Bertz CT molecular complexity index is 539. The van der Waals surface area contributed by atoms with Crippen LogP contribution >= 0.6 is 0 Å². The predicted octanol–water partition coefficient (Wildman–Crippen LogP) is 1.24. The van der Waals surface area contributed by atoms with Crippen molar-refractivity contribution in [2.24, 2.45) is 5.73 Å². The van der Waals surface area contributed by atoms with Crippen LogP contribution in [0.5, 0.6) is 0 Å². The van der Waals surface area contributed by atoms with Crippen molar-refractivity contribution < 1.29 is 0 Å². The zero-order valence-corrected chi connectivity index (χ0v) is 9.90. The first-order valence-electron chi connectivity index (χ1n) is 5.87. The van der Waals surface area contributed by atoms with Gasteiger partial charge in [0.1, 0.15) is 0 Å². The number of aryl methyl sites for hydroxylation is 1. The first-order valence-corrected chi connectivity index (χ1v) is 5.87. The van der Waals surface area contributed by atoms with Crippen LogP contribution in [-0.4, -0.2) is 9.78 Å². The maximum Gasteiger partial charge on any atom is 0.0815 e. The van der Waals surface area contributed by atoms with Gasteiger partial charge in [-0.05, 0) is 19.1 Å². The fourth-order valence-electron chi connectivity index (χ4n) is 2.30. The molecule has 0 aliphatic carbocycles. The summed E-state index contributed by atoms with van der Waals surface area (Å²) in [4.78, 5) is 0. The zero-order chi connectivity index (χ0) is 11.8. The Morgan fingerprint density at radius 3 is 2.76 bits per heavy atom. The molecule has 0 radical (unpaired) electrons. The Hall–Kier alpha value is -1.65. The number of hydrogen-bond acceptors (Lipinski definition) is 3. The van der Waals surface area contributed by atoms with Gasteiger partial charge in [0, 0.05) is 25.2 Å². The summed E-state index contributed by atoms with van der Waals surface area (Å²) in [5, 5.41) is 7.93. The Kier molecular flexibility index (Phi) is 2.46. The van der Waals surface area contributed by atoms with Crippen LogP contribution in [0, 0.1) is 6.92 Å². The Morgan fingerprint density at radius 1 is 1.29 bits per heavy atom. The summed E-state index contributed by atoms with van der Waals surface area (Å²) in [6.45, 7) is 4.34. The average Bonchev–Trinajstić information content (AvgIpc) is 2.89. The lowest BCUT2D eigenvalue weighted by Crippen LogP contribution is -2.12. The molecule has 1 aliphatic heterocycles. The molecule has 0 bridgehead atoms. The molecule has 3 N–H and O–H groups in total. The van der Waals surface area contributed by atoms with E-state index in [2.05, 4.69) is 41.6 Å². The average molecular weight is 228 g/mol. The van der Waals surface area contributed by atoms with E-state index in [1.54, 1.807) is 0 Å². The van der Waals surface area contributed by atoms with Gasteiger partial charge in [-0.15, -0.1) is 0 Å². The van der Waals surface area contributed by atoms with Crippen molar-refractivity contribution in [1.82, 2.24) is 15.1 Å². The van der Waals surface area contributed by atoms with Gasteiger partial charge in [0.2, 0.25) is 0 Å². The van der Waals surface area contributed by atoms with Crippen molar-refractivity contribution in [1.29, 1.82) is 0 Å².